The molecule has 0 saturated carbocycles. The first-order chi connectivity index (χ1) is 15.3. The fraction of sp³-hybridized carbons (Fsp3) is 0.440. The van der Waals surface area contributed by atoms with Gasteiger partial charge in [0.25, 0.3) is 5.91 Å². The second-order valence-corrected chi connectivity index (χ2v) is 9.89. The van der Waals surface area contributed by atoms with Crippen molar-refractivity contribution in [2.75, 3.05) is 0 Å². The van der Waals surface area contributed by atoms with E-state index in [0.717, 1.165) is 50.5 Å². The lowest BCUT2D eigenvalue weighted by Gasteiger charge is -2.19. The summed E-state index contributed by atoms with van der Waals surface area (Å²) in [5.74, 6) is -1.27. The summed E-state index contributed by atoms with van der Waals surface area (Å²) in [6, 6.07) is 16.8. The van der Waals surface area contributed by atoms with Gasteiger partial charge in [-0.1, -0.05) is 104 Å². The van der Waals surface area contributed by atoms with Crippen molar-refractivity contribution in [3.8, 4) is 0 Å². The van der Waals surface area contributed by atoms with E-state index in [0.29, 0.717) is 17.0 Å². The van der Waals surface area contributed by atoms with Crippen molar-refractivity contribution in [1.82, 2.24) is 5.32 Å². The Morgan fingerprint density at radius 2 is 1.41 bits per heavy atom. The zero-order valence-electron chi connectivity index (χ0n) is 18.0. The Morgan fingerprint density at radius 3 is 2.00 bits per heavy atom. The van der Waals surface area contributed by atoms with E-state index in [1.165, 1.54) is 0 Å². The van der Waals surface area contributed by atoms with Gasteiger partial charge in [-0.3, -0.25) is 4.79 Å². The number of halogens is 3. The van der Waals surface area contributed by atoms with Gasteiger partial charge in [0, 0.05) is 10.6 Å². The maximum atomic E-state index is 12.7. The van der Waals surface area contributed by atoms with Crippen LogP contribution in [-0.2, 0) is 4.79 Å². The van der Waals surface area contributed by atoms with Crippen LogP contribution in [-0.4, -0.2) is 21.3 Å². The van der Waals surface area contributed by atoms with Gasteiger partial charge in [0.15, 0.2) is 0 Å². The highest BCUT2D eigenvalue weighted by Crippen LogP contribution is 2.28. The van der Waals surface area contributed by atoms with E-state index < -0.39 is 10.3 Å². The number of carboxylic acids is 1. The predicted octanol–water partition coefficient (Wildman–Crippen LogP) is 7.58. The molecule has 7 heteroatoms. The third-order valence-corrected chi connectivity index (χ3v) is 6.36. The summed E-state index contributed by atoms with van der Waals surface area (Å²) >= 11 is 17.5. The van der Waals surface area contributed by atoms with E-state index >= 15 is 0 Å². The zero-order chi connectivity index (χ0) is 23.4. The average molecular weight is 499 g/mol. The monoisotopic (exact) mass is 497 g/mol. The van der Waals surface area contributed by atoms with Gasteiger partial charge in [-0.15, -0.1) is 0 Å². The third kappa shape index (κ3) is 9.40. The topological polar surface area (TPSA) is 66.4 Å². The van der Waals surface area contributed by atoms with E-state index in [-0.39, 0.29) is 18.4 Å². The molecule has 0 aliphatic rings. The molecule has 4 nitrogen and oxygen atoms in total. The van der Waals surface area contributed by atoms with Crippen LogP contribution in [0, 0.1) is 0 Å². The van der Waals surface area contributed by atoms with Crippen LogP contribution in [0.1, 0.15) is 79.8 Å². The Morgan fingerprint density at radius 1 is 0.844 bits per heavy atom. The van der Waals surface area contributed by atoms with Gasteiger partial charge in [-0.2, -0.15) is 0 Å². The van der Waals surface area contributed by atoms with Crippen molar-refractivity contribution in [3.63, 3.8) is 0 Å². The minimum atomic E-state index is -1.68. The first kappa shape index (κ1) is 26.5. The van der Waals surface area contributed by atoms with Gasteiger partial charge in [-0.25, -0.2) is 4.79 Å². The van der Waals surface area contributed by atoms with Crippen LogP contribution < -0.4 is 5.32 Å². The first-order valence-corrected chi connectivity index (χ1v) is 12.2. The Hall–Kier alpha value is -1.75. The number of nitrogens with one attached hydrogen (secondary N) is 1. The van der Waals surface area contributed by atoms with E-state index in [9.17, 15) is 9.59 Å². The van der Waals surface area contributed by atoms with E-state index in [4.69, 9.17) is 39.9 Å². The molecule has 0 saturated heterocycles. The molecule has 0 heterocycles. The number of alkyl halides is 2. The molecule has 32 heavy (non-hydrogen) atoms. The van der Waals surface area contributed by atoms with Crippen LogP contribution in [0.5, 0.6) is 0 Å². The van der Waals surface area contributed by atoms with Gasteiger partial charge < -0.3 is 10.4 Å². The van der Waals surface area contributed by atoms with Crippen LogP contribution in [0.4, 0.5) is 0 Å². The van der Waals surface area contributed by atoms with Crippen molar-refractivity contribution in [2.45, 2.75) is 68.2 Å². The summed E-state index contributed by atoms with van der Waals surface area (Å²) in [6.45, 7) is 0. The molecule has 0 aliphatic carbocycles. The molecule has 2 aromatic rings. The van der Waals surface area contributed by atoms with Crippen LogP contribution in [0.2, 0.25) is 5.02 Å². The van der Waals surface area contributed by atoms with Crippen LogP contribution in [0.3, 0.4) is 0 Å². The number of unbranched alkanes of at least 4 members (excludes halogenated alkanes) is 6. The summed E-state index contributed by atoms with van der Waals surface area (Å²) in [5.41, 5.74) is 1.69. The number of amides is 1. The number of hydrogen-bond donors (Lipinski definition) is 2. The Bertz CT molecular complexity index is 841. The summed E-state index contributed by atoms with van der Waals surface area (Å²) in [5, 5.41) is 12.7. The highest BCUT2D eigenvalue weighted by atomic mass is 35.5. The summed E-state index contributed by atoms with van der Waals surface area (Å²) < 4.78 is -1.68. The lowest BCUT2D eigenvalue weighted by molar-refractivity contribution is -0.138. The molecule has 2 N–H and O–H groups in total. The standard InChI is InChI=1S/C25H30Cl3NO3/c26-21-16-14-19(15-17-21)22(29-23(30)20-11-7-6-8-12-20)13-9-4-2-1-3-5-10-18-25(27,28)24(31)32/h6-8,11-12,14-17,22H,1-5,9-10,13,18H2,(H,29,30)(H,31,32). The molecular weight excluding hydrogens is 469 g/mol. The number of carbonyl (C=O) groups is 2. The van der Waals surface area contributed by atoms with Crippen molar-refractivity contribution < 1.29 is 14.7 Å². The van der Waals surface area contributed by atoms with Gasteiger partial charge in [0.1, 0.15) is 0 Å². The molecule has 0 aromatic heterocycles. The maximum absolute atomic E-state index is 12.7. The minimum absolute atomic E-state index is 0.0726. The molecule has 0 fully saturated rings. The number of aliphatic carboxylic acids is 1. The Balaban J connectivity index is 1.74. The molecule has 0 bridgehead atoms. The van der Waals surface area contributed by atoms with Crippen molar-refractivity contribution in [3.05, 3.63) is 70.7 Å². The summed E-state index contributed by atoms with van der Waals surface area (Å²) in [4.78, 5) is 23.5. The molecular formula is C25H30Cl3NO3. The normalized spacial score (nSPS) is 12.3. The Kier molecular flexibility index (Phi) is 11.4. The van der Waals surface area contributed by atoms with Gasteiger partial charge >= 0.3 is 5.97 Å². The number of hydrogen-bond acceptors (Lipinski definition) is 2. The van der Waals surface area contributed by atoms with Gasteiger partial charge in [0.05, 0.1) is 6.04 Å². The number of carboxylic acid groups (broad SMARTS) is 1. The second kappa shape index (κ2) is 13.7. The van der Waals surface area contributed by atoms with Crippen LogP contribution in [0.15, 0.2) is 54.6 Å². The SMILES string of the molecule is O=C(NC(CCCCCCCCCC(Cl)(Cl)C(=O)O)c1ccc(Cl)cc1)c1ccccc1. The quantitative estimate of drug-likeness (QED) is 0.208. The average Bonchev–Trinajstić information content (AvgIpc) is 2.78. The third-order valence-electron chi connectivity index (χ3n) is 5.41. The molecule has 0 spiro atoms. The first-order valence-electron chi connectivity index (χ1n) is 11.0. The summed E-state index contributed by atoms with van der Waals surface area (Å²) in [6.07, 6.45) is 7.96. The summed E-state index contributed by atoms with van der Waals surface area (Å²) in [7, 11) is 0. The van der Waals surface area contributed by atoms with Gasteiger partial charge in [-0.05, 0) is 49.1 Å². The number of carbonyl (C=O) groups excluding carboxylic acids is 1. The molecule has 2 aromatic carbocycles. The van der Waals surface area contributed by atoms with Crippen LogP contribution >= 0.6 is 34.8 Å². The van der Waals surface area contributed by atoms with E-state index in [2.05, 4.69) is 5.32 Å². The van der Waals surface area contributed by atoms with Gasteiger partial charge in [0.2, 0.25) is 4.33 Å². The highest BCUT2D eigenvalue weighted by Gasteiger charge is 2.32. The molecule has 0 radical (unpaired) electrons. The molecule has 2 rings (SSSR count). The Labute approximate surface area is 205 Å². The fourth-order valence-corrected chi connectivity index (χ4v) is 3.93. The highest BCUT2D eigenvalue weighted by molar-refractivity contribution is 6.57. The molecule has 1 unspecified atom stereocenters. The van der Waals surface area contributed by atoms with Crippen molar-refractivity contribution in [2.24, 2.45) is 0 Å². The number of benzene rings is 2. The predicted molar refractivity (Wildman–Crippen MR) is 132 cm³/mol. The molecule has 1 amide bonds. The minimum Gasteiger partial charge on any atom is -0.479 e. The second-order valence-electron chi connectivity index (χ2n) is 7.97. The fourth-order valence-electron chi connectivity index (χ4n) is 3.53. The van der Waals surface area contributed by atoms with Crippen molar-refractivity contribution in [1.29, 1.82) is 0 Å². The maximum Gasteiger partial charge on any atom is 0.340 e. The van der Waals surface area contributed by atoms with E-state index in [1.807, 2.05) is 54.6 Å². The molecule has 0 aliphatic heterocycles. The largest absolute Gasteiger partial charge is 0.479 e. The lowest BCUT2D eigenvalue weighted by atomic mass is 9.98. The van der Waals surface area contributed by atoms with Crippen molar-refractivity contribution >= 4 is 46.7 Å². The number of rotatable bonds is 14. The lowest BCUT2D eigenvalue weighted by Crippen LogP contribution is -2.28. The van der Waals surface area contributed by atoms with Crippen LogP contribution in [0.25, 0.3) is 0 Å². The van der Waals surface area contributed by atoms with E-state index in [1.54, 1.807) is 0 Å². The molecule has 174 valence electrons. The zero-order valence-corrected chi connectivity index (χ0v) is 20.3. The molecule has 1 atom stereocenters. The smallest absolute Gasteiger partial charge is 0.340 e.